The van der Waals surface area contributed by atoms with Crippen molar-refractivity contribution in [3.8, 4) is 6.07 Å². The fourth-order valence-corrected chi connectivity index (χ4v) is 3.89. The first-order chi connectivity index (χ1) is 9.21. The van der Waals surface area contributed by atoms with E-state index in [9.17, 15) is 13.2 Å². The Morgan fingerprint density at radius 2 is 2.15 bits per heavy atom. The lowest BCUT2D eigenvalue weighted by Crippen LogP contribution is -2.35. The van der Waals surface area contributed by atoms with Gasteiger partial charge in [-0.15, -0.1) is 0 Å². The van der Waals surface area contributed by atoms with Gasteiger partial charge in [0, 0.05) is 17.6 Å². The summed E-state index contributed by atoms with van der Waals surface area (Å²) in [5, 5.41) is 17.5. The molecule has 1 aromatic rings. The average Bonchev–Trinajstić information content (AvgIpc) is 2.37. The Balaban J connectivity index is 3.23. The van der Waals surface area contributed by atoms with Gasteiger partial charge in [-0.2, -0.15) is 9.57 Å². The van der Waals surface area contributed by atoms with Crippen LogP contribution in [-0.4, -0.2) is 36.9 Å². The monoisotopic (exact) mass is 360 g/mol. The first kappa shape index (κ1) is 16.6. The normalized spacial score (nSPS) is 12.9. The summed E-state index contributed by atoms with van der Waals surface area (Å²) < 4.78 is 26.0. The minimum atomic E-state index is -3.79. The van der Waals surface area contributed by atoms with Crippen molar-refractivity contribution in [1.29, 1.82) is 5.26 Å². The van der Waals surface area contributed by atoms with E-state index in [1.54, 1.807) is 6.92 Å². The Kier molecular flexibility index (Phi) is 5.28. The van der Waals surface area contributed by atoms with Gasteiger partial charge in [0.25, 0.3) is 0 Å². The summed E-state index contributed by atoms with van der Waals surface area (Å²) in [6, 6.07) is 5.13. The molecule has 108 valence electrons. The predicted octanol–water partition coefficient (Wildman–Crippen LogP) is 2.07. The van der Waals surface area contributed by atoms with Gasteiger partial charge in [-0.25, -0.2) is 13.2 Å². The highest BCUT2D eigenvalue weighted by atomic mass is 79.9. The molecular weight excluding hydrogens is 348 g/mol. The van der Waals surface area contributed by atoms with Gasteiger partial charge in [0.05, 0.1) is 22.9 Å². The minimum Gasteiger partial charge on any atom is -0.478 e. The zero-order valence-electron chi connectivity index (χ0n) is 10.9. The van der Waals surface area contributed by atoms with Crippen LogP contribution in [0, 0.1) is 11.3 Å². The summed E-state index contributed by atoms with van der Waals surface area (Å²) in [7, 11) is -2.41. The number of hydrogen-bond donors (Lipinski definition) is 1. The van der Waals surface area contributed by atoms with Gasteiger partial charge in [0.15, 0.2) is 0 Å². The molecule has 0 spiro atoms. The Labute approximate surface area is 125 Å². The molecule has 0 saturated heterocycles. The van der Waals surface area contributed by atoms with Crippen LogP contribution < -0.4 is 0 Å². The zero-order valence-corrected chi connectivity index (χ0v) is 13.3. The Bertz CT molecular complexity index is 667. The number of carboxylic acid groups (broad SMARTS) is 1. The molecule has 6 nitrogen and oxygen atoms in total. The van der Waals surface area contributed by atoms with Gasteiger partial charge >= 0.3 is 5.97 Å². The number of halogens is 1. The topological polar surface area (TPSA) is 98.5 Å². The molecule has 1 aromatic carbocycles. The van der Waals surface area contributed by atoms with Crippen LogP contribution in [0.15, 0.2) is 27.6 Å². The number of sulfonamides is 1. The van der Waals surface area contributed by atoms with Gasteiger partial charge < -0.3 is 5.11 Å². The largest absolute Gasteiger partial charge is 0.478 e. The molecule has 0 fully saturated rings. The van der Waals surface area contributed by atoms with E-state index in [2.05, 4.69) is 15.9 Å². The smallest absolute Gasteiger partial charge is 0.335 e. The van der Waals surface area contributed by atoms with Crippen molar-refractivity contribution in [2.45, 2.75) is 24.3 Å². The number of rotatable bonds is 5. The summed E-state index contributed by atoms with van der Waals surface area (Å²) in [6.07, 6.45) is 0.0700. The second kappa shape index (κ2) is 6.35. The molecule has 0 bridgehead atoms. The fourth-order valence-electron chi connectivity index (χ4n) is 1.50. The standard InChI is InChI=1S/C12H13BrN2O4S/c1-8(5-6-14)15(2)20(18,19)11-4-3-9(12(16)17)7-10(11)13/h3-4,7-8H,5H2,1-2H3,(H,16,17). The van der Waals surface area contributed by atoms with Gasteiger partial charge in [0.2, 0.25) is 10.0 Å². The Morgan fingerprint density at radius 1 is 1.55 bits per heavy atom. The molecule has 8 heteroatoms. The highest BCUT2D eigenvalue weighted by Gasteiger charge is 2.27. The van der Waals surface area contributed by atoms with Crippen LogP contribution in [0.25, 0.3) is 0 Å². The van der Waals surface area contributed by atoms with Crippen LogP contribution in [0.3, 0.4) is 0 Å². The third-order valence-corrected chi connectivity index (χ3v) is 5.79. The maximum Gasteiger partial charge on any atom is 0.335 e. The SMILES string of the molecule is CC(CC#N)N(C)S(=O)(=O)c1ccc(C(=O)O)cc1Br. The van der Waals surface area contributed by atoms with Gasteiger partial charge in [-0.1, -0.05) is 0 Å². The molecule has 1 atom stereocenters. The van der Waals surface area contributed by atoms with Gasteiger partial charge in [-0.3, -0.25) is 0 Å². The van der Waals surface area contributed by atoms with E-state index in [1.165, 1.54) is 25.2 Å². The summed E-state index contributed by atoms with van der Waals surface area (Å²) in [6.45, 7) is 1.63. The number of aromatic carboxylic acids is 1. The fraction of sp³-hybridized carbons (Fsp3) is 0.333. The minimum absolute atomic E-state index is 0.0106. The molecule has 0 aliphatic rings. The van der Waals surface area contributed by atoms with Gasteiger partial charge in [-0.05, 0) is 41.1 Å². The number of nitrogens with zero attached hydrogens (tertiary/aromatic N) is 2. The molecule has 1 rings (SSSR count). The van der Waals surface area contributed by atoms with E-state index in [0.29, 0.717) is 0 Å². The molecule has 0 amide bonds. The summed E-state index contributed by atoms with van der Waals surface area (Å²) in [5.41, 5.74) is -0.0106. The third kappa shape index (κ3) is 3.36. The van der Waals surface area contributed by atoms with Crippen LogP contribution in [0.5, 0.6) is 0 Å². The molecule has 0 aliphatic heterocycles. The molecule has 0 saturated carbocycles. The van der Waals surface area contributed by atoms with Crippen LogP contribution in [0.4, 0.5) is 0 Å². The maximum atomic E-state index is 12.4. The molecule has 20 heavy (non-hydrogen) atoms. The average molecular weight is 361 g/mol. The Morgan fingerprint density at radius 3 is 2.60 bits per heavy atom. The van der Waals surface area contributed by atoms with E-state index in [4.69, 9.17) is 10.4 Å². The maximum absolute atomic E-state index is 12.4. The molecule has 0 aliphatic carbocycles. The van der Waals surface area contributed by atoms with Crippen LogP contribution in [0.1, 0.15) is 23.7 Å². The van der Waals surface area contributed by atoms with Crippen molar-refractivity contribution in [2.24, 2.45) is 0 Å². The van der Waals surface area contributed by atoms with Crippen LogP contribution in [-0.2, 0) is 10.0 Å². The quantitative estimate of drug-likeness (QED) is 0.866. The van der Waals surface area contributed by atoms with Crippen molar-refractivity contribution in [3.05, 3.63) is 28.2 Å². The lowest BCUT2D eigenvalue weighted by atomic mass is 10.2. The summed E-state index contributed by atoms with van der Waals surface area (Å²) in [5.74, 6) is -1.14. The summed E-state index contributed by atoms with van der Waals surface area (Å²) in [4.78, 5) is 10.8. The second-order valence-corrected chi connectivity index (χ2v) is 7.00. The summed E-state index contributed by atoms with van der Waals surface area (Å²) >= 11 is 3.07. The lowest BCUT2D eigenvalue weighted by Gasteiger charge is -2.23. The van der Waals surface area contributed by atoms with Crippen molar-refractivity contribution in [2.75, 3.05) is 7.05 Å². The van der Waals surface area contributed by atoms with Crippen LogP contribution in [0.2, 0.25) is 0 Å². The van der Waals surface area contributed by atoms with Crippen LogP contribution >= 0.6 is 15.9 Å². The highest BCUT2D eigenvalue weighted by molar-refractivity contribution is 9.10. The number of benzene rings is 1. The van der Waals surface area contributed by atoms with Crippen molar-refractivity contribution < 1.29 is 18.3 Å². The Hall–Kier alpha value is -1.43. The molecule has 0 aromatic heterocycles. The van der Waals surface area contributed by atoms with Crippen molar-refractivity contribution in [1.82, 2.24) is 4.31 Å². The zero-order chi connectivity index (χ0) is 15.5. The first-order valence-corrected chi connectivity index (χ1v) is 7.83. The first-order valence-electron chi connectivity index (χ1n) is 5.59. The third-order valence-electron chi connectivity index (χ3n) is 2.84. The van der Waals surface area contributed by atoms with E-state index in [1.807, 2.05) is 6.07 Å². The number of nitriles is 1. The lowest BCUT2D eigenvalue weighted by molar-refractivity contribution is 0.0696. The highest BCUT2D eigenvalue weighted by Crippen LogP contribution is 2.27. The predicted molar refractivity (Wildman–Crippen MR) is 75.7 cm³/mol. The van der Waals surface area contributed by atoms with E-state index >= 15 is 0 Å². The number of hydrogen-bond acceptors (Lipinski definition) is 4. The van der Waals surface area contributed by atoms with E-state index in [-0.39, 0.29) is 21.4 Å². The van der Waals surface area contributed by atoms with E-state index < -0.39 is 22.0 Å². The molecule has 1 N–H and O–H groups in total. The number of carboxylic acids is 1. The molecular formula is C12H13BrN2O4S. The van der Waals surface area contributed by atoms with E-state index in [0.717, 1.165) is 4.31 Å². The van der Waals surface area contributed by atoms with Crippen molar-refractivity contribution in [3.63, 3.8) is 0 Å². The van der Waals surface area contributed by atoms with Gasteiger partial charge in [0.1, 0.15) is 0 Å². The second-order valence-electron chi connectivity index (χ2n) is 4.18. The van der Waals surface area contributed by atoms with Crippen molar-refractivity contribution >= 4 is 31.9 Å². The molecule has 0 radical (unpaired) electrons. The number of carbonyl (C=O) groups is 1. The molecule has 1 unspecified atom stereocenters. The molecule has 0 heterocycles.